The highest BCUT2D eigenvalue weighted by molar-refractivity contribution is 6.14. The molecular weight excluding hydrogens is 316 g/mol. The molecule has 9 heteroatoms. The predicted octanol–water partition coefficient (Wildman–Crippen LogP) is 0.973. The third-order valence-electron chi connectivity index (χ3n) is 2.69. The monoisotopic (exact) mass is 338 g/mol. The molecule has 0 radical (unpaired) electrons. The van der Waals surface area contributed by atoms with Gasteiger partial charge in [0.05, 0.1) is 26.5 Å². The first-order valence-electron chi connectivity index (χ1n) is 7.33. The number of rotatable bonds is 8. The molecule has 1 aromatic heterocycles. The zero-order valence-electron chi connectivity index (χ0n) is 14.5. The van der Waals surface area contributed by atoms with Gasteiger partial charge in [0.1, 0.15) is 0 Å². The highest BCUT2D eigenvalue weighted by Crippen LogP contribution is 2.22. The summed E-state index contributed by atoms with van der Waals surface area (Å²) < 4.78 is 14.8. The summed E-state index contributed by atoms with van der Waals surface area (Å²) in [7, 11) is 5.08. The van der Waals surface area contributed by atoms with Crippen LogP contribution in [-0.4, -0.2) is 56.3 Å². The quantitative estimate of drug-likeness (QED) is 0.321. The molecule has 0 atom stereocenters. The first kappa shape index (κ1) is 19.2. The molecule has 0 saturated heterocycles. The summed E-state index contributed by atoms with van der Waals surface area (Å²) in [5, 5.41) is 2.73. The van der Waals surface area contributed by atoms with Gasteiger partial charge in [0, 0.05) is 20.3 Å². The van der Waals surface area contributed by atoms with Crippen LogP contribution in [0.1, 0.15) is 13.8 Å². The maximum absolute atomic E-state index is 11.8. The van der Waals surface area contributed by atoms with Crippen LogP contribution in [0.15, 0.2) is 18.0 Å². The molecule has 0 unspecified atom stereocenters. The standard InChI is InChI=1S/C15H22N4O5/c1-6-23-14(20)10(15(21)24-7-2)8-16-11-9-17-12(19(3)4)13(18-11)22-5/h8-9H,6-7H2,1-5H3,(H,16,18). The second kappa shape index (κ2) is 9.33. The molecule has 1 rings (SSSR count). The van der Waals surface area contributed by atoms with Crippen molar-refractivity contribution in [2.24, 2.45) is 0 Å². The lowest BCUT2D eigenvalue weighted by Gasteiger charge is -2.14. The Morgan fingerprint density at radius 3 is 2.25 bits per heavy atom. The van der Waals surface area contributed by atoms with E-state index < -0.39 is 11.9 Å². The summed E-state index contributed by atoms with van der Waals surface area (Å²) in [6.07, 6.45) is 2.62. The maximum Gasteiger partial charge on any atom is 0.347 e. The van der Waals surface area contributed by atoms with E-state index in [0.29, 0.717) is 17.5 Å². The van der Waals surface area contributed by atoms with E-state index in [4.69, 9.17) is 14.2 Å². The number of ether oxygens (including phenoxy) is 3. The van der Waals surface area contributed by atoms with Gasteiger partial charge >= 0.3 is 11.9 Å². The highest BCUT2D eigenvalue weighted by Gasteiger charge is 2.21. The van der Waals surface area contributed by atoms with Gasteiger partial charge < -0.3 is 24.4 Å². The third kappa shape index (κ3) is 5.11. The van der Waals surface area contributed by atoms with E-state index in [1.807, 2.05) is 0 Å². The van der Waals surface area contributed by atoms with Crippen molar-refractivity contribution in [1.29, 1.82) is 0 Å². The number of hydrogen-bond acceptors (Lipinski definition) is 9. The lowest BCUT2D eigenvalue weighted by atomic mass is 10.3. The number of nitrogens with zero attached hydrogens (tertiary/aromatic N) is 3. The lowest BCUT2D eigenvalue weighted by Crippen LogP contribution is -2.19. The molecule has 1 N–H and O–H groups in total. The molecule has 0 fully saturated rings. The number of carbonyl (C=O) groups excluding carboxylic acids is 2. The van der Waals surface area contributed by atoms with E-state index in [-0.39, 0.29) is 18.8 Å². The van der Waals surface area contributed by atoms with Gasteiger partial charge in [-0.1, -0.05) is 0 Å². The van der Waals surface area contributed by atoms with Crippen LogP contribution in [0.25, 0.3) is 0 Å². The van der Waals surface area contributed by atoms with E-state index >= 15 is 0 Å². The first-order chi connectivity index (χ1) is 11.4. The van der Waals surface area contributed by atoms with Crippen LogP contribution in [0.2, 0.25) is 0 Å². The number of methoxy groups -OCH3 is 1. The van der Waals surface area contributed by atoms with Gasteiger partial charge in [-0.3, -0.25) is 0 Å². The normalized spacial score (nSPS) is 9.71. The topological polar surface area (TPSA) is 103 Å². The number of esters is 2. The van der Waals surface area contributed by atoms with Crippen molar-refractivity contribution >= 4 is 23.6 Å². The van der Waals surface area contributed by atoms with Crippen LogP contribution < -0.4 is 15.0 Å². The Morgan fingerprint density at radius 2 is 1.79 bits per heavy atom. The molecule has 1 heterocycles. The lowest BCUT2D eigenvalue weighted by molar-refractivity contribution is -0.146. The molecule has 132 valence electrons. The van der Waals surface area contributed by atoms with Gasteiger partial charge in [-0.2, -0.15) is 4.98 Å². The van der Waals surface area contributed by atoms with Gasteiger partial charge in [-0.15, -0.1) is 0 Å². The third-order valence-corrected chi connectivity index (χ3v) is 2.69. The van der Waals surface area contributed by atoms with Crippen LogP contribution in [0.4, 0.5) is 11.6 Å². The number of hydrogen-bond donors (Lipinski definition) is 1. The van der Waals surface area contributed by atoms with Crippen LogP contribution in [0.3, 0.4) is 0 Å². The van der Waals surface area contributed by atoms with Crippen molar-refractivity contribution in [3.05, 3.63) is 18.0 Å². The molecule has 1 aromatic rings. The molecule has 0 saturated carbocycles. The Morgan fingerprint density at radius 1 is 1.21 bits per heavy atom. The Kier molecular flexibility index (Phi) is 7.47. The molecule has 0 amide bonds. The SMILES string of the molecule is CCOC(=O)C(=CNc1cnc(N(C)C)c(OC)n1)C(=O)OCC. The first-order valence-corrected chi connectivity index (χ1v) is 7.33. The van der Waals surface area contributed by atoms with Crippen LogP contribution in [-0.2, 0) is 19.1 Å². The zero-order valence-corrected chi connectivity index (χ0v) is 14.5. The number of anilines is 2. The van der Waals surface area contributed by atoms with Crippen LogP contribution >= 0.6 is 0 Å². The van der Waals surface area contributed by atoms with Crippen molar-refractivity contribution in [3.63, 3.8) is 0 Å². The fourth-order valence-electron chi connectivity index (χ4n) is 1.64. The highest BCUT2D eigenvalue weighted by atomic mass is 16.6. The van der Waals surface area contributed by atoms with Gasteiger partial charge in [-0.05, 0) is 13.8 Å². The summed E-state index contributed by atoms with van der Waals surface area (Å²) in [6, 6.07) is 0. The smallest absolute Gasteiger partial charge is 0.347 e. The van der Waals surface area contributed by atoms with Crippen molar-refractivity contribution in [3.8, 4) is 5.88 Å². The van der Waals surface area contributed by atoms with Crippen LogP contribution in [0.5, 0.6) is 5.88 Å². The van der Waals surface area contributed by atoms with Gasteiger partial charge in [0.15, 0.2) is 17.2 Å². The van der Waals surface area contributed by atoms with E-state index in [0.717, 1.165) is 0 Å². The maximum atomic E-state index is 11.8. The summed E-state index contributed by atoms with van der Waals surface area (Å²) >= 11 is 0. The van der Waals surface area contributed by atoms with Gasteiger partial charge in [0.25, 0.3) is 5.88 Å². The van der Waals surface area contributed by atoms with E-state index in [1.54, 1.807) is 32.8 Å². The molecule has 0 bridgehead atoms. The molecular formula is C15H22N4O5. The van der Waals surface area contributed by atoms with Crippen molar-refractivity contribution < 1.29 is 23.8 Å². The summed E-state index contributed by atoms with van der Waals surface area (Å²) in [4.78, 5) is 33.9. The molecule has 0 aliphatic rings. The second-order valence-electron chi connectivity index (χ2n) is 4.63. The minimum absolute atomic E-state index is 0.140. The van der Waals surface area contributed by atoms with E-state index in [2.05, 4.69) is 15.3 Å². The molecule has 0 aliphatic carbocycles. The second-order valence-corrected chi connectivity index (χ2v) is 4.63. The molecule has 0 spiro atoms. The zero-order chi connectivity index (χ0) is 18.1. The van der Waals surface area contributed by atoms with E-state index in [9.17, 15) is 9.59 Å². The average Bonchev–Trinajstić information content (AvgIpc) is 2.55. The number of nitrogens with one attached hydrogen (secondary N) is 1. The van der Waals surface area contributed by atoms with Crippen molar-refractivity contribution in [2.75, 3.05) is 44.6 Å². The van der Waals surface area contributed by atoms with Crippen LogP contribution in [0, 0.1) is 0 Å². The Balaban J connectivity index is 3.04. The Bertz CT molecular complexity index is 596. The molecule has 0 aliphatic heterocycles. The Hall–Kier alpha value is -2.84. The minimum atomic E-state index is -0.784. The summed E-state index contributed by atoms with van der Waals surface area (Å²) in [5.41, 5.74) is -0.267. The molecule has 9 nitrogen and oxygen atoms in total. The number of aromatic nitrogens is 2. The Labute approximate surface area is 140 Å². The molecule has 0 aromatic carbocycles. The van der Waals surface area contributed by atoms with Gasteiger partial charge in [0.2, 0.25) is 0 Å². The fourth-order valence-corrected chi connectivity index (χ4v) is 1.64. The van der Waals surface area contributed by atoms with Gasteiger partial charge in [-0.25, -0.2) is 14.6 Å². The predicted molar refractivity (Wildman–Crippen MR) is 87.9 cm³/mol. The minimum Gasteiger partial charge on any atom is -0.478 e. The molecule has 24 heavy (non-hydrogen) atoms. The van der Waals surface area contributed by atoms with Crippen molar-refractivity contribution in [2.45, 2.75) is 13.8 Å². The van der Waals surface area contributed by atoms with E-state index in [1.165, 1.54) is 19.5 Å². The summed E-state index contributed by atoms with van der Waals surface area (Å²) in [5.74, 6) is -0.430. The number of carbonyl (C=O) groups is 2. The average molecular weight is 338 g/mol. The van der Waals surface area contributed by atoms with Crippen molar-refractivity contribution in [1.82, 2.24) is 9.97 Å². The fraction of sp³-hybridized carbons (Fsp3) is 0.467. The summed E-state index contributed by atoms with van der Waals surface area (Å²) in [6.45, 7) is 3.57. The largest absolute Gasteiger partial charge is 0.478 e.